The number of H-pyrrole nitrogens is 1. The van der Waals surface area contributed by atoms with Crippen LogP contribution in [0.15, 0.2) is 71.8 Å². The van der Waals surface area contributed by atoms with Crippen molar-refractivity contribution in [2.24, 2.45) is 5.92 Å². The summed E-state index contributed by atoms with van der Waals surface area (Å²) in [4.78, 5) is 17.4. The Morgan fingerprint density at radius 2 is 1.84 bits per heavy atom. The van der Waals surface area contributed by atoms with Crippen LogP contribution < -0.4 is 4.72 Å². The maximum absolute atomic E-state index is 14.1. The van der Waals surface area contributed by atoms with E-state index in [9.17, 15) is 27.1 Å². The Morgan fingerprint density at radius 3 is 2.58 bits per heavy atom. The molecule has 1 fully saturated rings. The number of piperidine rings is 1. The van der Waals surface area contributed by atoms with Gasteiger partial charge in [-0.1, -0.05) is 23.4 Å². The number of aromatic hydroxyl groups is 1. The minimum absolute atomic E-state index is 0.0980. The number of benzene rings is 3. The van der Waals surface area contributed by atoms with Gasteiger partial charge in [0.25, 0.3) is 0 Å². The lowest BCUT2D eigenvalue weighted by atomic mass is 9.97. The molecule has 5 aromatic rings. The van der Waals surface area contributed by atoms with Crippen molar-refractivity contribution in [3.63, 3.8) is 0 Å². The number of likely N-dealkylation sites (tertiary alicyclic amines) is 1. The van der Waals surface area contributed by atoms with Gasteiger partial charge in [-0.25, -0.2) is 21.9 Å². The van der Waals surface area contributed by atoms with E-state index in [1.807, 2.05) is 0 Å². The van der Waals surface area contributed by atoms with E-state index in [0.29, 0.717) is 46.9 Å². The first-order valence-corrected chi connectivity index (χ1v) is 16.1. The molecule has 0 atom stereocenters. The molecule has 0 amide bonds. The van der Waals surface area contributed by atoms with Gasteiger partial charge in [-0.2, -0.15) is 0 Å². The minimum atomic E-state index is -3.88. The summed E-state index contributed by atoms with van der Waals surface area (Å²) < 4.78 is 58.2. The second-order valence-electron chi connectivity index (χ2n) is 11.3. The molecule has 1 aliphatic rings. The second kappa shape index (κ2) is 12.5. The molecule has 13 heteroatoms. The smallest absolute Gasteiger partial charge is 0.240 e. The van der Waals surface area contributed by atoms with Gasteiger partial charge >= 0.3 is 0 Å². The summed E-state index contributed by atoms with van der Waals surface area (Å²) in [5.41, 5.74) is 2.45. The number of carbonyl (C=O) groups excluding carboxylic acids is 1. The molecule has 6 rings (SSSR count). The molecular formula is C32H32F2N6O4S. The molecule has 3 heterocycles. The zero-order valence-electron chi connectivity index (χ0n) is 24.5. The van der Waals surface area contributed by atoms with Crippen molar-refractivity contribution in [1.82, 2.24) is 29.6 Å². The fraction of sp³-hybridized carbons (Fsp3) is 0.281. The Bertz CT molecular complexity index is 1980. The third-order valence-corrected chi connectivity index (χ3v) is 9.68. The number of aromatic nitrogens is 4. The van der Waals surface area contributed by atoms with Crippen LogP contribution in [0.5, 0.6) is 5.75 Å². The molecule has 0 spiro atoms. The summed E-state index contributed by atoms with van der Waals surface area (Å²) >= 11 is 0. The molecule has 234 valence electrons. The first-order chi connectivity index (χ1) is 21.6. The molecule has 10 nitrogen and oxygen atoms in total. The average molecular weight is 635 g/mol. The van der Waals surface area contributed by atoms with Gasteiger partial charge in [0, 0.05) is 60.2 Å². The summed E-state index contributed by atoms with van der Waals surface area (Å²) in [6.45, 7) is 4.35. The number of hydrogen-bond donors (Lipinski definition) is 3. The Hall–Kier alpha value is -4.46. The van der Waals surface area contributed by atoms with Crippen LogP contribution in [-0.2, 0) is 16.6 Å². The number of halogens is 2. The summed E-state index contributed by atoms with van der Waals surface area (Å²) in [7, 11) is -3.88. The number of aromatic amines is 1. The lowest BCUT2D eigenvalue weighted by Crippen LogP contribution is -2.40. The highest BCUT2D eigenvalue weighted by molar-refractivity contribution is 7.89. The molecule has 1 saturated heterocycles. The standard InChI is InChI=1S/C32H32F2N6O4S/c1-20(41)32-31(26-16-22(33)6-9-28(26)36-32)29-19-40(38-37-29)18-21-10-13-39(14-11-21)15-12-35-45(43,44)23-7-8-25(30(42)17-23)24-4-2-3-5-27(24)34/h2-9,16-17,19,21,35-36,42H,10-15,18H2,1H3. The number of nitrogens with zero attached hydrogens (tertiary/aromatic N) is 4. The van der Waals surface area contributed by atoms with Crippen molar-refractivity contribution in [1.29, 1.82) is 0 Å². The number of rotatable bonds is 10. The predicted molar refractivity (Wildman–Crippen MR) is 165 cm³/mol. The van der Waals surface area contributed by atoms with Gasteiger partial charge in [-0.3, -0.25) is 9.48 Å². The van der Waals surface area contributed by atoms with E-state index in [-0.39, 0.29) is 34.1 Å². The number of Topliss-reactive ketones (excluding diaryl/α,β-unsaturated/α-hetero) is 1. The molecule has 3 N–H and O–H groups in total. The minimum Gasteiger partial charge on any atom is -0.507 e. The van der Waals surface area contributed by atoms with Crippen LogP contribution in [0.25, 0.3) is 33.3 Å². The fourth-order valence-electron chi connectivity index (χ4n) is 5.86. The number of fused-ring (bicyclic) bond motifs is 1. The molecule has 0 aliphatic carbocycles. The molecule has 1 aliphatic heterocycles. The molecular weight excluding hydrogens is 602 g/mol. The Balaban J connectivity index is 1.02. The van der Waals surface area contributed by atoms with Gasteiger partial charge in [-0.15, -0.1) is 5.10 Å². The number of sulfonamides is 1. The van der Waals surface area contributed by atoms with Gasteiger partial charge < -0.3 is 15.0 Å². The number of hydrogen-bond acceptors (Lipinski definition) is 7. The Kier molecular flexibility index (Phi) is 8.49. The zero-order chi connectivity index (χ0) is 31.7. The SMILES string of the molecule is CC(=O)c1[nH]c2ccc(F)cc2c1-c1cn(CC2CCN(CCNS(=O)(=O)c3ccc(-c4ccccc4F)c(O)c3)CC2)nn1. The molecule has 2 aromatic heterocycles. The molecule has 3 aromatic carbocycles. The lowest BCUT2D eigenvalue weighted by Gasteiger charge is -2.31. The van der Waals surface area contributed by atoms with Crippen LogP contribution in [0.4, 0.5) is 8.78 Å². The van der Waals surface area contributed by atoms with E-state index in [4.69, 9.17) is 0 Å². The summed E-state index contributed by atoms with van der Waals surface area (Å²) in [5.74, 6) is -1.08. The monoisotopic (exact) mass is 634 g/mol. The van der Waals surface area contributed by atoms with Gasteiger partial charge in [0.05, 0.1) is 16.8 Å². The van der Waals surface area contributed by atoms with E-state index in [2.05, 4.69) is 24.9 Å². The normalized spacial score (nSPS) is 14.7. The second-order valence-corrected chi connectivity index (χ2v) is 13.1. The molecule has 0 bridgehead atoms. The van der Waals surface area contributed by atoms with E-state index >= 15 is 0 Å². The van der Waals surface area contributed by atoms with Gasteiger partial charge in [0.2, 0.25) is 10.0 Å². The number of phenols is 1. The third-order valence-electron chi connectivity index (χ3n) is 8.22. The Labute approximate surface area is 258 Å². The molecule has 0 saturated carbocycles. The van der Waals surface area contributed by atoms with Crippen molar-refractivity contribution >= 4 is 26.7 Å². The van der Waals surface area contributed by atoms with Gasteiger partial charge in [-0.05, 0) is 68.2 Å². The van der Waals surface area contributed by atoms with Crippen molar-refractivity contribution in [2.45, 2.75) is 31.2 Å². The van der Waals surface area contributed by atoms with Crippen LogP contribution >= 0.6 is 0 Å². The van der Waals surface area contributed by atoms with Crippen LogP contribution in [-0.4, -0.2) is 70.4 Å². The molecule has 0 unspecified atom stereocenters. The highest BCUT2D eigenvalue weighted by atomic mass is 32.2. The summed E-state index contributed by atoms with van der Waals surface area (Å²) in [5, 5.41) is 19.6. The van der Waals surface area contributed by atoms with Crippen molar-refractivity contribution in [3.8, 4) is 28.1 Å². The van der Waals surface area contributed by atoms with E-state index in [1.165, 1.54) is 49.4 Å². The fourth-order valence-corrected chi connectivity index (χ4v) is 6.90. The maximum atomic E-state index is 14.1. The third kappa shape index (κ3) is 6.51. The van der Waals surface area contributed by atoms with Crippen LogP contribution in [0.3, 0.4) is 0 Å². The first kappa shape index (κ1) is 30.6. The van der Waals surface area contributed by atoms with E-state index in [0.717, 1.165) is 32.0 Å². The summed E-state index contributed by atoms with van der Waals surface area (Å²) in [6.07, 6.45) is 3.54. The predicted octanol–water partition coefficient (Wildman–Crippen LogP) is 4.97. The number of nitrogens with one attached hydrogen (secondary N) is 2. The van der Waals surface area contributed by atoms with Gasteiger partial charge in [0.1, 0.15) is 23.1 Å². The number of ketones is 1. The van der Waals surface area contributed by atoms with Crippen LogP contribution in [0.1, 0.15) is 30.3 Å². The number of phenolic OH excluding ortho intramolecular Hbond substituents is 1. The maximum Gasteiger partial charge on any atom is 0.240 e. The van der Waals surface area contributed by atoms with Crippen molar-refractivity contribution in [2.75, 3.05) is 26.2 Å². The first-order valence-electron chi connectivity index (χ1n) is 14.6. The zero-order valence-corrected chi connectivity index (χ0v) is 25.3. The van der Waals surface area contributed by atoms with E-state index in [1.54, 1.807) is 23.0 Å². The average Bonchev–Trinajstić information content (AvgIpc) is 3.62. The highest BCUT2D eigenvalue weighted by Crippen LogP contribution is 2.34. The molecule has 45 heavy (non-hydrogen) atoms. The summed E-state index contributed by atoms with van der Waals surface area (Å²) in [6, 6.07) is 14.2. The lowest BCUT2D eigenvalue weighted by molar-refractivity contribution is 0.101. The van der Waals surface area contributed by atoms with Crippen LogP contribution in [0, 0.1) is 17.6 Å². The number of carbonyl (C=O) groups is 1. The van der Waals surface area contributed by atoms with Crippen molar-refractivity contribution in [3.05, 3.63) is 84.2 Å². The van der Waals surface area contributed by atoms with Gasteiger partial charge in [0.15, 0.2) is 5.78 Å². The Morgan fingerprint density at radius 1 is 1.07 bits per heavy atom. The van der Waals surface area contributed by atoms with E-state index < -0.39 is 21.7 Å². The topological polar surface area (TPSA) is 133 Å². The largest absolute Gasteiger partial charge is 0.507 e. The van der Waals surface area contributed by atoms with Crippen molar-refractivity contribution < 1.29 is 27.1 Å². The quantitative estimate of drug-likeness (QED) is 0.185. The van der Waals surface area contributed by atoms with Crippen LogP contribution in [0.2, 0.25) is 0 Å². The molecule has 0 radical (unpaired) electrons. The highest BCUT2D eigenvalue weighted by Gasteiger charge is 2.24.